The van der Waals surface area contributed by atoms with Crippen LogP contribution < -0.4 is 0 Å². The summed E-state index contributed by atoms with van der Waals surface area (Å²) >= 11 is 1.57. The van der Waals surface area contributed by atoms with Crippen LogP contribution >= 0.6 is 11.3 Å². The molecule has 0 saturated heterocycles. The molecule has 0 aliphatic rings. The molecule has 1 aromatic heterocycles. The smallest absolute Gasteiger partial charge is 0.306 e. The first-order chi connectivity index (χ1) is 17.2. The molecule has 0 aromatic carbocycles. The minimum absolute atomic E-state index is 0.151. The van der Waals surface area contributed by atoms with Gasteiger partial charge in [-0.2, -0.15) is 0 Å². The molecule has 9 nitrogen and oxygen atoms in total. The Balaban J connectivity index is 2.66. The van der Waals surface area contributed by atoms with Crippen LogP contribution in [0.1, 0.15) is 84.3 Å². The van der Waals surface area contributed by atoms with Gasteiger partial charge in [-0.1, -0.05) is 50.0 Å². The second kappa shape index (κ2) is 15.0. The highest BCUT2D eigenvalue weighted by molar-refractivity contribution is 7.09. The van der Waals surface area contributed by atoms with E-state index >= 15 is 0 Å². The van der Waals surface area contributed by atoms with Gasteiger partial charge in [0, 0.05) is 16.2 Å². The molecule has 0 spiro atoms. The lowest BCUT2D eigenvalue weighted by atomic mass is 9.73. The molecule has 1 heterocycles. The number of carbonyl (C=O) groups is 2. The zero-order chi connectivity index (χ0) is 28.3. The van der Waals surface area contributed by atoms with E-state index < -0.39 is 35.9 Å². The van der Waals surface area contributed by atoms with Crippen molar-refractivity contribution < 1.29 is 24.9 Å². The van der Waals surface area contributed by atoms with Crippen LogP contribution in [0.15, 0.2) is 27.7 Å². The lowest BCUT2D eigenvalue weighted by Gasteiger charge is -2.34. The lowest BCUT2D eigenvalue weighted by Crippen LogP contribution is -2.45. The number of Topliss-reactive ketones (excluding diaryl/α,β-unsaturated/α-hetero) is 1. The van der Waals surface area contributed by atoms with Gasteiger partial charge in [-0.3, -0.25) is 9.59 Å². The molecule has 0 aliphatic heterocycles. The monoisotopic (exact) mass is 534 g/mol. The zero-order valence-corrected chi connectivity index (χ0v) is 23.8. The summed E-state index contributed by atoms with van der Waals surface area (Å²) in [6.45, 7) is 12.5. The average molecular weight is 535 g/mol. The van der Waals surface area contributed by atoms with Gasteiger partial charge in [0.15, 0.2) is 0 Å². The number of carboxylic acids is 1. The van der Waals surface area contributed by atoms with Crippen LogP contribution in [0.3, 0.4) is 0 Å². The van der Waals surface area contributed by atoms with Gasteiger partial charge in [0.1, 0.15) is 5.78 Å². The summed E-state index contributed by atoms with van der Waals surface area (Å²) in [6, 6.07) is -0.297. The van der Waals surface area contributed by atoms with E-state index in [4.69, 9.17) is 10.6 Å². The minimum Gasteiger partial charge on any atom is -0.481 e. The quantitative estimate of drug-likeness (QED) is 0.101. The molecule has 10 heteroatoms. The van der Waals surface area contributed by atoms with Crippen molar-refractivity contribution in [2.45, 2.75) is 98.8 Å². The van der Waals surface area contributed by atoms with E-state index in [1.165, 1.54) is 13.8 Å². The Kier molecular flexibility index (Phi) is 13.2. The van der Waals surface area contributed by atoms with Crippen LogP contribution in [0.5, 0.6) is 0 Å². The molecular weight excluding hydrogens is 492 g/mol. The van der Waals surface area contributed by atoms with Crippen LogP contribution in [-0.2, 0) is 9.59 Å². The number of hydrogen-bond acceptors (Lipinski definition) is 7. The van der Waals surface area contributed by atoms with Gasteiger partial charge in [0.25, 0.3) is 0 Å². The van der Waals surface area contributed by atoms with Gasteiger partial charge >= 0.3 is 5.97 Å². The Bertz CT molecular complexity index is 1030. The number of hydrogen-bond donors (Lipinski definition) is 3. The van der Waals surface area contributed by atoms with Gasteiger partial charge in [-0.05, 0) is 64.0 Å². The fourth-order valence-corrected chi connectivity index (χ4v) is 4.84. The molecule has 0 saturated carbocycles. The number of carboxylic acid groups (broad SMARTS) is 1. The highest BCUT2D eigenvalue weighted by Gasteiger charge is 2.41. The molecule has 0 fully saturated rings. The third-order valence-electron chi connectivity index (χ3n) is 6.99. The van der Waals surface area contributed by atoms with Crippen molar-refractivity contribution in [3.8, 4) is 0 Å². The second-order valence-electron chi connectivity index (χ2n) is 10.5. The van der Waals surface area contributed by atoms with E-state index in [1.807, 2.05) is 39.2 Å². The van der Waals surface area contributed by atoms with Crippen molar-refractivity contribution in [1.29, 1.82) is 0 Å². The summed E-state index contributed by atoms with van der Waals surface area (Å²) in [5.41, 5.74) is 10.7. The van der Waals surface area contributed by atoms with E-state index in [1.54, 1.807) is 18.3 Å². The van der Waals surface area contributed by atoms with Crippen molar-refractivity contribution in [2.24, 2.45) is 22.4 Å². The van der Waals surface area contributed by atoms with Gasteiger partial charge in [0.2, 0.25) is 0 Å². The Labute approximate surface area is 224 Å². The molecule has 3 N–H and O–H groups in total. The van der Waals surface area contributed by atoms with Crippen molar-refractivity contribution in [1.82, 2.24) is 4.98 Å². The fraction of sp³-hybridized carbons (Fsp3) is 0.667. The minimum atomic E-state index is -1.33. The van der Waals surface area contributed by atoms with Crippen LogP contribution in [0.25, 0.3) is 16.5 Å². The molecule has 0 bridgehead atoms. The van der Waals surface area contributed by atoms with Crippen molar-refractivity contribution >= 4 is 29.2 Å². The Morgan fingerprint density at radius 2 is 1.92 bits per heavy atom. The maximum Gasteiger partial charge on any atom is 0.306 e. The van der Waals surface area contributed by atoms with Crippen LogP contribution in [-0.4, -0.2) is 50.3 Å². The number of nitrogens with zero attached hydrogens (tertiary/aromatic N) is 4. The number of aliphatic hydroxyl groups excluding tert-OH is 2. The fourth-order valence-electron chi connectivity index (χ4n) is 4.27. The molecule has 5 atom stereocenters. The summed E-state index contributed by atoms with van der Waals surface area (Å²) < 4.78 is 0. The van der Waals surface area contributed by atoms with E-state index in [9.17, 15) is 19.8 Å². The molecule has 0 radical (unpaired) electrons. The average Bonchev–Trinajstić information content (AvgIpc) is 3.23. The van der Waals surface area contributed by atoms with Gasteiger partial charge in [-0.25, -0.2) is 4.98 Å². The summed E-state index contributed by atoms with van der Waals surface area (Å²) in [4.78, 5) is 31.3. The standard InChI is InChI=1S/C27H42N4O5S/c1-16(11-12-22(30-31-28)18(3)13-21-15-37-20(5)29-21)9-8-10-17(2)25(35)19(4)26(36)27(6,7)23(32)14-24(33)34/h11,13,15,17,19,22-23,25,32,35H,8-10,12,14H2,1-7H3,(H,33,34)/b16-11-,18-13+/t17-,19+,22-,23-,25-/m0/s1. The Morgan fingerprint density at radius 3 is 2.46 bits per heavy atom. The number of aliphatic hydroxyl groups is 2. The van der Waals surface area contributed by atoms with E-state index in [0.29, 0.717) is 12.8 Å². The van der Waals surface area contributed by atoms with Gasteiger partial charge < -0.3 is 15.3 Å². The molecule has 0 amide bonds. The number of azide groups is 1. The third-order valence-corrected chi connectivity index (χ3v) is 7.79. The van der Waals surface area contributed by atoms with Gasteiger partial charge in [0.05, 0.1) is 40.8 Å². The number of aliphatic carboxylic acids is 1. The molecule has 1 aromatic rings. The number of carbonyl (C=O) groups excluding carboxylic acids is 1. The number of ketones is 1. The van der Waals surface area contributed by atoms with Crippen LogP contribution in [0.2, 0.25) is 0 Å². The zero-order valence-electron chi connectivity index (χ0n) is 23.0. The van der Waals surface area contributed by atoms with Crippen molar-refractivity contribution in [3.63, 3.8) is 0 Å². The maximum absolute atomic E-state index is 12.9. The summed E-state index contributed by atoms with van der Waals surface area (Å²) in [5, 5.41) is 36.8. The van der Waals surface area contributed by atoms with Crippen LogP contribution in [0.4, 0.5) is 0 Å². The van der Waals surface area contributed by atoms with Crippen molar-refractivity contribution in [3.05, 3.63) is 43.7 Å². The number of aromatic nitrogens is 1. The maximum atomic E-state index is 12.9. The first kappa shape index (κ1) is 32.5. The largest absolute Gasteiger partial charge is 0.481 e. The highest BCUT2D eigenvalue weighted by Crippen LogP contribution is 2.31. The normalized spacial score (nSPS) is 16.9. The summed E-state index contributed by atoms with van der Waals surface area (Å²) in [5.74, 6) is -2.41. The number of allylic oxidation sites excluding steroid dienone is 1. The van der Waals surface area contributed by atoms with Crippen LogP contribution in [0, 0.1) is 24.2 Å². The summed E-state index contributed by atoms with van der Waals surface area (Å²) in [6.07, 6.45) is 4.16. The predicted molar refractivity (Wildman–Crippen MR) is 147 cm³/mol. The second-order valence-corrected chi connectivity index (χ2v) is 11.6. The predicted octanol–water partition coefficient (Wildman–Crippen LogP) is 6.10. The van der Waals surface area contributed by atoms with E-state index in [0.717, 1.165) is 34.7 Å². The highest BCUT2D eigenvalue weighted by atomic mass is 32.1. The molecule has 0 aliphatic carbocycles. The molecule has 0 unspecified atom stereocenters. The lowest BCUT2D eigenvalue weighted by molar-refractivity contribution is -0.147. The Morgan fingerprint density at radius 1 is 1.27 bits per heavy atom. The van der Waals surface area contributed by atoms with E-state index in [2.05, 4.69) is 21.1 Å². The molecule has 37 heavy (non-hydrogen) atoms. The number of thiazole rings is 1. The number of rotatable bonds is 16. The molecular formula is C27H42N4O5S. The first-order valence-corrected chi connectivity index (χ1v) is 13.5. The first-order valence-electron chi connectivity index (χ1n) is 12.6. The van der Waals surface area contributed by atoms with Gasteiger partial charge in [-0.15, -0.1) is 11.3 Å². The third kappa shape index (κ3) is 10.4. The SMILES string of the molecule is C/C(=C/C[C@H](N=[N+]=[N-])/C(C)=C/c1csc(C)n1)CCC[C@H](C)[C@H](O)[C@@H](C)C(=O)C(C)(C)[C@@H](O)CC(=O)O. The topological polar surface area (TPSA) is 156 Å². The summed E-state index contributed by atoms with van der Waals surface area (Å²) in [7, 11) is 0. The molecule has 1 rings (SSSR count). The van der Waals surface area contributed by atoms with Crippen molar-refractivity contribution in [2.75, 3.05) is 0 Å². The molecule has 206 valence electrons. The number of aryl methyl sites for hydroxylation is 1. The Hall–Kier alpha value is -2.52. The van der Waals surface area contributed by atoms with E-state index in [-0.39, 0.29) is 17.7 Å².